The van der Waals surface area contributed by atoms with E-state index in [4.69, 9.17) is 61.6 Å². The van der Waals surface area contributed by atoms with E-state index in [1.807, 2.05) is 0 Å². The molecular weight excluding hydrogens is 1230 g/mol. The number of aliphatic hydroxyl groups excluding tert-OH is 19. The number of hydrogen-bond donors (Lipinski definition) is 23. The van der Waals surface area contributed by atoms with Crippen LogP contribution in [-0.4, -0.2) is 382 Å². The molecule has 0 bridgehead atoms. The number of amides is 4. The predicted molar refractivity (Wildman–Crippen MR) is 278 cm³/mol. The number of rotatable bonds is 23. The first kappa shape index (κ1) is 74.0. The van der Waals surface area contributed by atoms with Crippen molar-refractivity contribution in [1.82, 2.24) is 21.3 Å². The second-order valence-electron chi connectivity index (χ2n) is 22.5. The van der Waals surface area contributed by atoms with Crippen LogP contribution >= 0.6 is 0 Å². The molecule has 35 atom stereocenters. The summed E-state index contributed by atoms with van der Waals surface area (Å²) in [7, 11) is 0. The van der Waals surface area contributed by atoms with E-state index in [2.05, 4.69) is 21.3 Å². The molecule has 40 nitrogen and oxygen atoms in total. The fourth-order valence-corrected chi connectivity index (χ4v) is 11.5. The van der Waals surface area contributed by atoms with Crippen molar-refractivity contribution >= 4 is 23.6 Å². The lowest BCUT2D eigenvalue weighted by atomic mass is 9.94. The summed E-state index contributed by atoms with van der Waals surface area (Å²) in [6.45, 7) is -2.74. The van der Waals surface area contributed by atoms with Crippen molar-refractivity contribution in [3.05, 3.63) is 0 Å². The zero-order valence-corrected chi connectivity index (χ0v) is 48.6. The first-order valence-electron chi connectivity index (χ1n) is 28.6. The minimum absolute atomic E-state index is 0.755. The van der Waals surface area contributed by atoms with Gasteiger partial charge in [0.05, 0.1) is 46.2 Å². The van der Waals surface area contributed by atoms with Gasteiger partial charge in [-0.2, -0.15) is 0 Å². The fraction of sp³-hybridized carbons (Fsp3) is 0.920. The minimum Gasteiger partial charge on any atom is -0.394 e. The van der Waals surface area contributed by atoms with Gasteiger partial charge in [-0.3, -0.25) is 19.2 Å². The Bertz CT molecular complexity index is 2310. The summed E-state index contributed by atoms with van der Waals surface area (Å²) in [5.74, 6) is -3.30. The first-order valence-corrected chi connectivity index (χ1v) is 28.6. The van der Waals surface area contributed by atoms with Gasteiger partial charge in [0.15, 0.2) is 44.0 Å². The zero-order chi connectivity index (χ0) is 66.5. The minimum atomic E-state index is -2.27. The Kier molecular flexibility index (Phi) is 26.6. The number of aliphatic hydroxyl groups is 19. The van der Waals surface area contributed by atoms with Gasteiger partial charge in [-0.1, -0.05) is 0 Å². The van der Waals surface area contributed by atoms with E-state index < -0.39 is 285 Å². The molecule has 4 amide bonds. The third-order valence-corrected chi connectivity index (χ3v) is 16.1. The van der Waals surface area contributed by atoms with Gasteiger partial charge >= 0.3 is 0 Å². The third-order valence-electron chi connectivity index (χ3n) is 16.1. The van der Waals surface area contributed by atoms with Crippen LogP contribution in [0, 0.1) is 0 Å². The molecule has 1 unspecified atom stereocenters. The Morgan fingerprint density at radius 1 is 0.289 bits per heavy atom. The van der Waals surface area contributed by atoms with E-state index >= 15 is 0 Å². The molecule has 7 heterocycles. The Hall–Kier alpha value is -3.40. The maximum Gasteiger partial charge on any atom is 0.217 e. The molecule has 0 radical (unpaired) electrons. The normalized spacial score (nSPS) is 47.6. The van der Waals surface area contributed by atoms with Crippen molar-refractivity contribution in [2.45, 2.75) is 242 Å². The Morgan fingerprint density at radius 3 is 1.00 bits per heavy atom. The average molecular weight is 1320 g/mol. The van der Waals surface area contributed by atoms with Crippen molar-refractivity contribution in [2.24, 2.45) is 0 Å². The largest absolute Gasteiger partial charge is 0.394 e. The second-order valence-corrected chi connectivity index (χ2v) is 22.5. The summed E-state index contributed by atoms with van der Waals surface area (Å²) in [6, 6.07) is -6.87. The number of carbonyl (C=O) groups is 4. The molecule has 7 fully saturated rings. The molecule has 0 aromatic rings. The summed E-state index contributed by atoms with van der Waals surface area (Å²) in [4.78, 5) is 49.9. The lowest BCUT2D eigenvalue weighted by Gasteiger charge is -2.50. The molecular formula is C50H84N4O36. The van der Waals surface area contributed by atoms with Crippen LogP contribution in [0.15, 0.2) is 0 Å². The summed E-state index contributed by atoms with van der Waals surface area (Å²) < 4.78 is 75.2. The number of ether oxygens (including phenoxy) is 13. The van der Waals surface area contributed by atoms with Gasteiger partial charge in [-0.15, -0.1) is 0 Å². The van der Waals surface area contributed by atoms with E-state index in [9.17, 15) is 116 Å². The van der Waals surface area contributed by atoms with Crippen LogP contribution in [0.1, 0.15) is 27.7 Å². The van der Waals surface area contributed by atoms with Crippen molar-refractivity contribution in [3.63, 3.8) is 0 Å². The van der Waals surface area contributed by atoms with Gasteiger partial charge in [0.2, 0.25) is 23.6 Å². The van der Waals surface area contributed by atoms with Gasteiger partial charge in [0.25, 0.3) is 0 Å². The third kappa shape index (κ3) is 16.4. The van der Waals surface area contributed by atoms with E-state index in [1.165, 1.54) is 0 Å². The van der Waals surface area contributed by atoms with Gasteiger partial charge in [-0.25, -0.2) is 0 Å². The van der Waals surface area contributed by atoms with Crippen molar-refractivity contribution in [3.8, 4) is 0 Å². The lowest BCUT2D eigenvalue weighted by Crippen LogP contribution is -2.70. The van der Waals surface area contributed by atoms with Crippen LogP contribution in [0.5, 0.6) is 0 Å². The van der Waals surface area contributed by atoms with E-state index in [0.29, 0.717) is 0 Å². The van der Waals surface area contributed by atoms with E-state index in [0.717, 1.165) is 27.7 Å². The molecule has 7 aliphatic heterocycles. The molecule has 0 saturated carbocycles. The topological polar surface area (TPSA) is 621 Å². The fourth-order valence-electron chi connectivity index (χ4n) is 11.5. The molecule has 0 aromatic carbocycles. The van der Waals surface area contributed by atoms with Crippen molar-refractivity contribution in [2.75, 3.05) is 46.2 Å². The van der Waals surface area contributed by atoms with Gasteiger partial charge in [0, 0.05) is 27.7 Å². The number of hydrogen-bond acceptors (Lipinski definition) is 36. The molecule has 0 aliphatic carbocycles. The highest BCUT2D eigenvalue weighted by atomic mass is 16.8. The molecule has 90 heavy (non-hydrogen) atoms. The van der Waals surface area contributed by atoms with Crippen LogP contribution in [-0.2, 0) is 80.8 Å². The van der Waals surface area contributed by atoms with E-state index in [1.54, 1.807) is 0 Å². The SMILES string of the molecule is CC(=O)N[C@H]1[C@H](O[C@H]2[C@@H](O)[C@@H](CO)O[C@@H](O[C@H]3[C@@H](O)[C@@H](CO[C@@H]4O[C@H](CO)[C@@H](O[C@@H]5O[C@H](CO)[C@H](O)[C@H](O[C@@H]6O[C@H](CO)[C@H](O)[C@H](O)[C@H]6NC(C)=O)[C@H]5O)[C@H](O)[C@H]4NC(C)=O)OC(O)[C@@H]3NC(C)=O)[C@@H]2O)O[C@H](CO)[C@H](O[C@@H]2O[C@H](CO)[C@H](O)[C@H](O)[C@H]2O)[C@@H]1O. The molecule has 0 aromatic heterocycles. The van der Waals surface area contributed by atoms with Crippen LogP contribution in [0.25, 0.3) is 0 Å². The monoisotopic (exact) mass is 1320 g/mol. The lowest BCUT2D eigenvalue weighted by molar-refractivity contribution is -0.377. The molecule has 40 heteroatoms. The highest BCUT2D eigenvalue weighted by Crippen LogP contribution is 2.37. The molecule has 7 aliphatic rings. The first-order chi connectivity index (χ1) is 42.5. The standard InChI is InChI=1S/C50H84N4O36/c1-12(61)51-23-32(70)27(65)16(5-55)80-46(23)89-42-29(67)18(7-57)82-49(37(42)75)87-39-20(9-59)84-45(24(33(39)71)52-13(2)62)78-11-22-31(69)41(26(44(77)79-22)54-15(4)64)88-50-38(76)43(30(68)19(8-58)83-50)90-47-25(53-14(3)63)34(72)40(21(10-60)85-47)86-48-36(74)35(73)28(66)17(6-56)81-48/h16-50,55-60,65-77H,5-11H2,1-4H3,(H,51,61)(H,52,62)(H,53,63)(H,54,64)/t16-,17-,18-,19-,20-,21-,22-,23-,24-,25-,26-,27+,28+,29+,30+,31+,32-,33-,34-,35+,36-,37-,38-,39-,40+,41-,42+,43+,44?,45-,46+,47+,48+,49+,50+/m1/s1. The van der Waals surface area contributed by atoms with Crippen molar-refractivity contribution < 1.29 is 178 Å². The summed E-state index contributed by atoms with van der Waals surface area (Å²) in [5, 5.41) is 216. The van der Waals surface area contributed by atoms with Crippen molar-refractivity contribution in [1.29, 1.82) is 0 Å². The van der Waals surface area contributed by atoms with Crippen LogP contribution in [0.3, 0.4) is 0 Å². The maximum atomic E-state index is 12.7. The Morgan fingerprint density at radius 2 is 0.589 bits per heavy atom. The summed E-state index contributed by atoms with van der Waals surface area (Å²) in [6.07, 6.45) is -59.1. The van der Waals surface area contributed by atoms with Crippen LogP contribution in [0.4, 0.5) is 0 Å². The predicted octanol–water partition coefficient (Wildman–Crippen LogP) is -15.7. The van der Waals surface area contributed by atoms with Crippen LogP contribution < -0.4 is 21.3 Å². The molecule has 520 valence electrons. The smallest absolute Gasteiger partial charge is 0.217 e. The molecule has 7 saturated heterocycles. The summed E-state index contributed by atoms with van der Waals surface area (Å²) >= 11 is 0. The van der Waals surface area contributed by atoms with Gasteiger partial charge in [-0.05, 0) is 0 Å². The highest BCUT2D eigenvalue weighted by Gasteiger charge is 2.59. The number of carbonyl (C=O) groups excluding carboxylic acids is 4. The molecule has 0 spiro atoms. The van der Waals surface area contributed by atoms with Crippen LogP contribution in [0.2, 0.25) is 0 Å². The second kappa shape index (κ2) is 32.4. The van der Waals surface area contributed by atoms with Gasteiger partial charge < -0.3 is 180 Å². The average Bonchev–Trinajstić information content (AvgIpc) is 0.912. The Labute approximate surface area is 510 Å². The van der Waals surface area contributed by atoms with Gasteiger partial charge in [0.1, 0.15) is 171 Å². The highest BCUT2D eigenvalue weighted by molar-refractivity contribution is 5.74. The molecule has 23 N–H and O–H groups in total. The molecule has 7 rings (SSSR count). The summed E-state index contributed by atoms with van der Waals surface area (Å²) in [5.41, 5.74) is 0. The Balaban J connectivity index is 1.07. The number of nitrogens with one attached hydrogen (secondary N) is 4. The zero-order valence-electron chi connectivity index (χ0n) is 48.6. The maximum absolute atomic E-state index is 12.7. The quantitative estimate of drug-likeness (QED) is 0.0452. The van der Waals surface area contributed by atoms with E-state index in [-0.39, 0.29) is 0 Å².